The van der Waals surface area contributed by atoms with Gasteiger partial charge in [-0.05, 0) is 12.1 Å². The van der Waals surface area contributed by atoms with Crippen LogP contribution in [0.5, 0.6) is 0 Å². The molecule has 1 saturated heterocycles. The Kier molecular flexibility index (Phi) is 3.36. The summed E-state index contributed by atoms with van der Waals surface area (Å²) in [5.41, 5.74) is 1.19. The molecule has 0 unspecified atom stereocenters. The molecule has 2 heterocycles. The summed E-state index contributed by atoms with van der Waals surface area (Å²) >= 11 is 11.8. The first kappa shape index (κ1) is 13.1. The quantitative estimate of drug-likeness (QED) is 0.876. The third-order valence-corrected chi connectivity index (χ3v) is 3.80. The Bertz CT molecular complexity index is 579. The molecular weight excluding hydrogens is 293 g/mol. The van der Waals surface area contributed by atoms with Gasteiger partial charge in [0.05, 0.1) is 22.8 Å². The molecule has 0 amide bonds. The molecule has 1 aliphatic heterocycles. The molecule has 102 valence electrons. The second-order valence-corrected chi connectivity index (χ2v) is 5.20. The van der Waals surface area contributed by atoms with Gasteiger partial charge in [-0.15, -0.1) is 0 Å². The van der Waals surface area contributed by atoms with Gasteiger partial charge >= 0.3 is 0 Å². The average molecular weight is 304 g/mol. The highest BCUT2D eigenvalue weighted by molar-refractivity contribution is 6.42. The second kappa shape index (κ2) is 4.88. The minimum absolute atomic E-state index is 0.240. The number of benzene rings is 1. The summed E-state index contributed by atoms with van der Waals surface area (Å²) in [6, 6.07) is 3.25. The fourth-order valence-electron chi connectivity index (χ4n) is 2.08. The van der Waals surface area contributed by atoms with Crippen LogP contribution in [0, 0.1) is 0 Å². The predicted molar refractivity (Wildman–Crippen MR) is 69.2 cm³/mol. The van der Waals surface area contributed by atoms with Crippen LogP contribution < -0.4 is 0 Å². The molecule has 0 aliphatic carbocycles. The lowest BCUT2D eigenvalue weighted by atomic mass is 10.2. The fraction of sp³-hybridized carbons (Fsp3) is 0.455. The monoisotopic (exact) mass is 303 g/mol. The standard InChI is InChI=1S/C11H11Cl2N3O3/c12-5-1-7-8(2-6(5)13)15-16(14-7)11-3-9(18)10(4-17)19-11/h1-2,9-11,17-18H,3-4H2/t9-,10+,11+/m0/s1. The Balaban J connectivity index is 1.94. The first-order chi connectivity index (χ1) is 9.08. The SMILES string of the molecule is OC[C@H]1O[C@@H](n2nc3cc(Cl)c(Cl)cc3n2)C[C@@H]1O. The van der Waals surface area contributed by atoms with Gasteiger partial charge in [-0.25, -0.2) is 0 Å². The first-order valence-electron chi connectivity index (χ1n) is 5.74. The Morgan fingerprint density at radius 2 is 1.84 bits per heavy atom. The number of aromatic nitrogens is 3. The number of aliphatic hydroxyl groups is 2. The van der Waals surface area contributed by atoms with Crippen molar-refractivity contribution in [1.29, 1.82) is 0 Å². The largest absolute Gasteiger partial charge is 0.394 e. The van der Waals surface area contributed by atoms with Crippen LogP contribution in [0.15, 0.2) is 12.1 Å². The molecular formula is C11H11Cl2N3O3. The number of aliphatic hydroxyl groups excluding tert-OH is 2. The van der Waals surface area contributed by atoms with Crippen LogP contribution >= 0.6 is 23.2 Å². The maximum atomic E-state index is 9.69. The number of nitrogens with zero attached hydrogens (tertiary/aromatic N) is 3. The van der Waals surface area contributed by atoms with Gasteiger partial charge in [0, 0.05) is 6.42 Å². The zero-order chi connectivity index (χ0) is 13.6. The molecule has 3 rings (SSSR count). The van der Waals surface area contributed by atoms with Crippen LogP contribution in [0.25, 0.3) is 11.0 Å². The smallest absolute Gasteiger partial charge is 0.172 e. The third-order valence-electron chi connectivity index (χ3n) is 3.08. The molecule has 8 heteroatoms. The highest BCUT2D eigenvalue weighted by Gasteiger charge is 2.35. The minimum atomic E-state index is -0.726. The van der Waals surface area contributed by atoms with E-state index in [1.54, 1.807) is 12.1 Å². The van der Waals surface area contributed by atoms with Gasteiger partial charge in [0.25, 0.3) is 0 Å². The molecule has 2 N–H and O–H groups in total. The van der Waals surface area contributed by atoms with Crippen molar-refractivity contribution in [3.63, 3.8) is 0 Å². The highest BCUT2D eigenvalue weighted by atomic mass is 35.5. The Labute approximate surface area is 118 Å². The van der Waals surface area contributed by atoms with Crippen molar-refractivity contribution in [3.05, 3.63) is 22.2 Å². The van der Waals surface area contributed by atoms with Crippen molar-refractivity contribution < 1.29 is 14.9 Å². The van der Waals surface area contributed by atoms with Crippen LogP contribution in [0.1, 0.15) is 12.6 Å². The summed E-state index contributed by atoms with van der Waals surface area (Å²) in [6.45, 7) is -0.240. The molecule has 19 heavy (non-hydrogen) atoms. The Morgan fingerprint density at radius 1 is 1.26 bits per heavy atom. The van der Waals surface area contributed by atoms with E-state index in [-0.39, 0.29) is 6.61 Å². The summed E-state index contributed by atoms with van der Waals surface area (Å²) in [5, 5.41) is 28.0. The van der Waals surface area contributed by atoms with E-state index >= 15 is 0 Å². The van der Waals surface area contributed by atoms with Gasteiger partial charge < -0.3 is 14.9 Å². The normalized spacial score (nSPS) is 27.3. The predicted octanol–water partition coefficient (Wildman–Crippen LogP) is 1.38. The molecule has 6 nitrogen and oxygen atoms in total. The maximum Gasteiger partial charge on any atom is 0.172 e. The van der Waals surface area contributed by atoms with Crippen molar-refractivity contribution in [2.45, 2.75) is 24.9 Å². The van der Waals surface area contributed by atoms with Crippen molar-refractivity contribution >= 4 is 34.2 Å². The van der Waals surface area contributed by atoms with Gasteiger partial charge in [0.1, 0.15) is 17.1 Å². The van der Waals surface area contributed by atoms with Gasteiger partial charge in [0.15, 0.2) is 6.23 Å². The third kappa shape index (κ3) is 2.30. The average Bonchev–Trinajstić information content (AvgIpc) is 2.93. The molecule has 1 aromatic heterocycles. The fourth-order valence-corrected chi connectivity index (χ4v) is 2.39. The van der Waals surface area contributed by atoms with Crippen LogP contribution in [-0.4, -0.2) is 44.0 Å². The number of fused-ring (bicyclic) bond motifs is 1. The molecule has 0 saturated carbocycles. The molecule has 1 aliphatic rings. The maximum absolute atomic E-state index is 9.69. The topological polar surface area (TPSA) is 80.4 Å². The zero-order valence-corrected chi connectivity index (χ0v) is 11.2. The second-order valence-electron chi connectivity index (χ2n) is 4.39. The molecule has 0 radical (unpaired) electrons. The van der Waals surface area contributed by atoms with Crippen LogP contribution in [-0.2, 0) is 4.74 Å². The Hall–Kier alpha value is -0.920. The van der Waals surface area contributed by atoms with E-state index in [1.165, 1.54) is 4.80 Å². The minimum Gasteiger partial charge on any atom is -0.394 e. The molecule has 3 atom stereocenters. The molecule has 1 aromatic carbocycles. The van der Waals surface area contributed by atoms with Crippen LogP contribution in [0.4, 0.5) is 0 Å². The molecule has 0 bridgehead atoms. The highest BCUT2D eigenvalue weighted by Crippen LogP contribution is 2.30. The number of halogens is 2. The lowest BCUT2D eigenvalue weighted by Crippen LogP contribution is -2.24. The summed E-state index contributed by atoms with van der Waals surface area (Å²) in [4.78, 5) is 1.37. The van der Waals surface area contributed by atoms with Crippen molar-refractivity contribution in [3.8, 4) is 0 Å². The van der Waals surface area contributed by atoms with Crippen molar-refractivity contribution in [2.24, 2.45) is 0 Å². The van der Waals surface area contributed by atoms with E-state index in [9.17, 15) is 5.11 Å². The van der Waals surface area contributed by atoms with Gasteiger partial charge in [0.2, 0.25) is 0 Å². The summed E-state index contributed by atoms with van der Waals surface area (Å²) in [5.74, 6) is 0. The molecule has 1 fully saturated rings. The first-order valence-corrected chi connectivity index (χ1v) is 6.50. The van der Waals surface area contributed by atoms with Crippen molar-refractivity contribution in [2.75, 3.05) is 6.61 Å². The van der Waals surface area contributed by atoms with Crippen molar-refractivity contribution in [1.82, 2.24) is 15.0 Å². The number of hydrogen-bond donors (Lipinski definition) is 2. The Morgan fingerprint density at radius 3 is 2.32 bits per heavy atom. The number of rotatable bonds is 2. The lowest BCUT2D eigenvalue weighted by Gasteiger charge is -2.10. The van der Waals surface area contributed by atoms with E-state index in [4.69, 9.17) is 33.0 Å². The van der Waals surface area contributed by atoms with E-state index in [0.29, 0.717) is 27.5 Å². The lowest BCUT2D eigenvalue weighted by molar-refractivity contribution is -0.0529. The van der Waals surface area contributed by atoms with E-state index in [0.717, 1.165) is 0 Å². The van der Waals surface area contributed by atoms with Crippen LogP contribution in [0.2, 0.25) is 10.0 Å². The van der Waals surface area contributed by atoms with Gasteiger partial charge in [-0.3, -0.25) is 0 Å². The number of hydrogen-bond acceptors (Lipinski definition) is 5. The molecule has 2 aromatic rings. The van der Waals surface area contributed by atoms with Crippen LogP contribution in [0.3, 0.4) is 0 Å². The summed E-state index contributed by atoms with van der Waals surface area (Å²) in [6.07, 6.45) is -1.51. The van der Waals surface area contributed by atoms with Gasteiger partial charge in [-0.1, -0.05) is 23.2 Å². The summed E-state index contributed by atoms with van der Waals surface area (Å²) in [7, 11) is 0. The number of ether oxygens (including phenoxy) is 1. The summed E-state index contributed by atoms with van der Waals surface area (Å²) < 4.78 is 5.47. The van der Waals surface area contributed by atoms with E-state index in [1.807, 2.05) is 0 Å². The van der Waals surface area contributed by atoms with E-state index in [2.05, 4.69) is 10.2 Å². The zero-order valence-electron chi connectivity index (χ0n) is 9.70. The van der Waals surface area contributed by atoms with E-state index < -0.39 is 18.4 Å². The van der Waals surface area contributed by atoms with Gasteiger partial charge in [-0.2, -0.15) is 15.0 Å². The molecule has 0 spiro atoms.